The van der Waals surface area contributed by atoms with E-state index in [-0.39, 0.29) is 11.9 Å². The summed E-state index contributed by atoms with van der Waals surface area (Å²) in [4.78, 5) is 12.7. The lowest BCUT2D eigenvalue weighted by molar-refractivity contribution is -0.122. The fourth-order valence-corrected chi connectivity index (χ4v) is 3.12. The van der Waals surface area contributed by atoms with Crippen LogP contribution in [0.15, 0.2) is 47.1 Å². The maximum Gasteiger partial charge on any atom is 0.492 e. The third-order valence-corrected chi connectivity index (χ3v) is 4.48. The molecule has 10 nitrogen and oxygen atoms in total. The van der Waals surface area contributed by atoms with Crippen LogP contribution in [0.1, 0.15) is 5.76 Å². The lowest BCUT2D eigenvalue weighted by atomic mass is 9.77. The fraction of sp³-hybridized carbons (Fsp3) is 0.100. The van der Waals surface area contributed by atoms with Gasteiger partial charge in [-0.1, -0.05) is 12.1 Å². The van der Waals surface area contributed by atoms with Gasteiger partial charge >= 0.3 is 7.12 Å². The van der Waals surface area contributed by atoms with Crippen LogP contribution in [0, 0.1) is 6.92 Å². The SMILES string of the molecule is COc1cc(-c2ncc(C)o2)c(-c2ccc3c(N)cnnc3c2)cc1B(O)O.O=CO. The number of aryl methyl sites for hydroxylation is 1. The first-order valence-corrected chi connectivity index (χ1v) is 8.99. The van der Waals surface area contributed by atoms with Gasteiger partial charge in [-0.2, -0.15) is 10.2 Å². The van der Waals surface area contributed by atoms with Crippen molar-refractivity contribution in [3.05, 3.63) is 48.5 Å². The molecule has 158 valence electrons. The Morgan fingerprint density at radius 3 is 2.52 bits per heavy atom. The van der Waals surface area contributed by atoms with E-state index in [1.54, 1.807) is 25.3 Å². The minimum Gasteiger partial charge on any atom is -0.497 e. The number of hydrogen-bond donors (Lipinski definition) is 4. The molecule has 2 aromatic heterocycles. The largest absolute Gasteiger partial charge is 0.497 e. The second-order valence-corrected chi connectivity index (χ2v) is 6.43. The Morgan fingerprint density at radius 1 is 1.16 bits per heavy atom. The molecule has 4 rings (SSSR count). The number of nitrogens with zero attached hydrogens (tertiary/aromatic N) is 3. The average molecular weight is 422 g/mol. The van der Waals surface area contributed by atoms with E-state index in [9.17, 15) is 10.0 Å². The highest BCUT2D eigenvalue weighted by molar-refractivity contribution is 6.60. The van der Waals surface area contributed by atoms with Gasteiger partial charge in [0, 0.05) is 16.4 Å². The quantitative estimate of drug-likeness (QED) is 0.278. The molecule has 4 aromatic rings. The van der Waals surface area contributed by atoms with Crippen LogP contribution in [0.3, 0.4) is 0 Å². The van der Waals surface area contributed by atoms with Gasteiger partial charge in [-0.25, -0.2) is 4.98 Å². The molecule has 0 saturated heterocycles. The Morgan fingerprint density at radius 2 is 1.90 bits per heavy atom. The van der Waals surface area contributed by atoms with E-state index in [2.05, 4.69) is 15.2 Å². The monoisotopic (exact) mass is 422 g/mol. The Hall–Kier alpha value is -3.96. The molecule has 0 aliphatic carbocycles. The lowest BCUT2D eigenvalue weighted by Gasteiger charge is -2.15. The van der Waals surface area contributed by atoms with E-state index in [0.717, 1.165) is 10.9 Å². The minimum absolute atomic E-state index is 0.225. The van der Waals surface area contributed by atoms with Crippen molar-refractivity contribution in [2.24, 2.45) is 0 Å². The van der Waals surface area contributed by atoms with Crippen LogP contribution in [-0.4, -0.2) is 51.0 Å². The summed E-state index contributed by atoms with van der Waals surface area (Å²) >= 11 is 0. The number of benzene rings is 2. The van der Waals surface area contributed by atoms with Crippen molar-refractivity contribution in [3.63, 3.8) is 0 Å². The fourth-order valence-electron chi connectivity index (χ4n) is 3.12. The molecule has 0 aliphatic heterocycles. The van der Waals surface area contributed by atoms with Gasteiger partial charge in [0.1, 0.15) is 11.5 Å². The number of aromatic nitrogens is 3. The number of fused-ring (bicyclic) bond motifs is 1. The highest BCUT2D eigenvalue weighted by Crippen LogP contribution is 2.35. The van der Waals surface area contributed by atoms with Crippen LogP contribution >= 0.6 is 0 Å². The number of carbonyl (C=O) groups is 1. The summed E-state index contributed by atoms with van der Waals surface area (Å²) in [5.74, 6) is 1.36. The van der Waals surface area contributed by atoms with E-state index >= 15 is 0 Å². The molecule has 5 N–H and O–H groups in total. The molecular formula is C20H19BN4O6. The van der Waals surface area contributed by atoms with Crippen molar-refractivity contribution in [2.45, 2.75) is 6.92 Å². The first-order chi connectivity index (χ1) is 14.9. The smallest absolute Gasteiger partial charge is 0.492 e. The zero-order valence-corrected chi connectivity index (χ0v) is 16.7. The number of ether oxygens (including phenoxy) is 1. The van der Waals surface area contributed by atoms with Crippen LogP contribution < -0.4 is 15.9 Å². The van der Waals surface area contributed by atoms with Gasteiger partial charge in [-0.05, 0) is 36.2 Å². The summed E-state index contributed by atoms with van der Waals surface area (Å²) in [6, 6.07) is 8.85. The molecule has 0 unspecified atom stereocenters. The molecule has 0 aliphatic rings. The lowest BCUT2D eigenvalue weighted by Crippen LogP contribution is -2.31. The van der Waals surface area contributed by atoms with Crippen molar-refractivity contribution in [1.82, 2.24) is 15.2 Å². The van der Waals surface area contributed by atoms with Crippen molar-refractivity contribution >= 4 is 35.6 Å². The third kappa shape index (κ3) is 4.47. The molecule has 0 atom stereocenters. The molecule has 0 saturated carbocycles. The van der Waals surface area contributed by atoms with Crippen LogP contribution in [0.4, 0.5) is 5.69 Å². The van der Waals surface area contributed by atoms with Gasteiger partial charge in [0.25, 0.3) is 6.47 Å². The maximum atomic E-state index is 9.78. The third-order valence-electron chi connectivity index (χ3n) is 4.48. The predicted molar refractivity (Wildman–Crippen MR) is 115 cm³/mol. The second kappa shape index (κ2) is 9.24. The van der Waals surface area contributed by atoms with Gasteiger partial charge < -0.3 is 30.0 Å². The molecule has 0 amide bonds. The number of hydrogen-bond acceptors (Lipinski definition) is 9. The van der Waals surface area contributed by atoms with Crippen LogP contribution in [-0.2, 0) is 4.79 Å². The topological polar surface area (TPSA) is 165 Å². The van der Waals surface area contributed by atoms with E-state index in [1.807, 2.05) is 18.2 Å². The number of nitrogen functional groups attached to an aromatic ring is 1. The Bertz CT molecular complexity index is 1230. The van der Waals surface area contributed by atoms with Gasteiger partial charge in [-0.15, -0.1) is 0 Å². The summed E-state index contributed by atoms with van der Waals surface area (Å²) < 4.78 is 11.0. The molecule has 11 heteroatoms. The zero-order valence-electron chi connectivity index (χ0n) is 16.7. The zero-order chi connectivity index (χ0) is 22.5. The predicted octanol–water partition coefficient (Wildman–Crippen LogP) is 1.23. The first-order valence-electron chi connectivity index (χ1n) is 8.99. The second-order valence-electron chi connectivity index (χ2n) is 6.43. The standard InChI is InChI=1S/C19H17BN4O4.CH2O2/c1-10-8-22-19(28-10)14-7-18(27-2)15(20(25)26)6-13(14)11-3-4-12-16(21)9-23-24-17(12)5-11;2-1-3/h3-9,25-26H,1-2H3,(H2,21,24);1H,(H,2,3). The Balaban J connectivity index is 0.000000858. The highest BCUT2D eigenvalue weighted by atomic mass is 16.5. The van der Waals surface area contributed by atoms with Crippen molar-refractivity contribution < 1.29 is 29.1 Å². The maximum absolute atomic E-state index is 9.78. The van der Waals surface area contributed by atoms with E-state index in [1.165, 1.54) is 13.3 Å². The first kappa shape index (κ1) is 21.7. The molecule has 0 spiro atoms. The number of anilines is 1. The molecule has 31 heavy (non-hydrogen) atoms. The summed E-state index contributed by atoms with van der Waals surface area (Å²) in [5, 5.41) is 35.3. The average Bonchev–Trinajstić information content (AvgIpc) is 3.19. The van der Waals surface area contributed by atoms with Crippen molar-refractivity contribution in [3.8, 4) is 28.3 Å². The summed E-state index contributed by atoms with van der Waals surface area (Å²) in [6.45, 7) is 1.55. The number of rotatable bonds is 4. The number of nitrogens with two attached hydrogens (primary N) is 1. The molecular weight excluding hydrogens is 403 g/mol. The molecule has 2 aromatic carbocycles. The number of carboxylic acid groups (broad SMARTS) is 1. The van der Waals surface area contributed by atoms with Crippen LogP contribution in [0.5, 0.6) is 5.75 Å². The van der Waals surface area contributed by atoms with Crippen molar-refractivity contribution in [1.29, 1.82) is 0 Å². The van der Waals surface area contributed by atoms with E-state index in [4.69, 9.17) is 24.8 Å². The Labute approximate surface area is 177 Å². The molecule has 0 fully saturated rings. The highest BCUT2D eigenvalue weighted by Gasteiger charge is 2.23. The number of oxazole rings is 1. The van der Waals surface area contributed by atoms with Gasteiger partial charge in [0.05, 0.1) is 30.7 Å². The van der Waals surface area contributed by atoms with Crippen LogP contribution in [0.2, 0.25) is 0 Å². The van der Waals surface area contributed by atoms with Gasteiger partial charge in [-0.3, -0.25) is 4.79 Å². The van der Waals surface area contributed by atoms with E-state index < -0.39 is 7.12 Å². The Kier molecular flexibility index (Phi) is 6.48. The summed E-state index contributed by atoms with van der Waals surface area (Å²) in [5.41, 5.74) is 9.42. The van der Waals surface area contributed by atoms with Crippen molar-refractivity contribution in [2.75, 3.05) is 12.8 Å². The van der Waals surface area contributed by atoms with Crippen LogP contribution in [0.25, 0.3) is 33.5 Å². The molecule has 2 heterocycles. The molecule has 0 radical (unpaired) electrons. The summed E-state index contributed by atoms with van der Waals surface area (Å²) in [7, 11) is -0.246. The van der Waals surface area contributed by atoms with E-state index in [0.29, 0.717) is 39.7 Å². The minimum atomic E-state index is -1.70. The number of methoxy groups -OCH3 is 1. The molecule has 0 bridgehead atoms. The van der Waals surface area contributed by atoms with Gasteiger partial charge in [0.2, 0.25) is 5.89 Å². The summed E-state index contributed by atoms with van der Waals surface area (Å²) in [6.07, 6.45) is 3.11. The van der Waals surface area contributed by atoms with Gasteiger partial charge in [0.15, 0.2) is 0 Å². The normalized spacial score (nSPS) is 10.3.